The molecular formula is C8H8N4O7. The monoisotopic (exact) mass is 272 g/mol. The molecule has 0 radical (unpaired) electrons. The van der Waals surface area contributed by atoms with Gasteiger partial charge in [0.15, 0.2) is 0 Å². The van der Waals surface area contributed by atoms with Crippen LogP contribution >= 0.6 is 0 Å². The second-order valence-corrected chi connectivity index (χ2v) is 3.45. The van der Waals surface area contributed by atoms with Crippen molar-refractivity contribution in [2.75, 3.05) is 13.1 Å². The molecule has 11 heteroatoms. The van der Waals surface area contributed by atoms with Gasteiger partial charge in [-0.1, -0.05) is 0 Å². The molecule has 1 aliphatic heterocycles. The van der Waals surface area contributed by atoms with Crippen LogP contribution < -0.4 is 10.4 Å². The van der Waals surface area contributed by atoms with Gasteiger partial charge in [-0.15, -0.1) is 0 Å². The van der Waals surface area contributed by atoms with Crippen LogP contribution in [0.1, 0.15) is 0 Å². The van der Waals surface area contributed by atoms with E-state index in [1.165, 1.54) is 13.1 Å². The Bertz CT molecular complexity index is 504. The predicted molar refractivity (Wildman–Crippen MR) is 57.5 cm³/mol. The average Bonchev–Trinajstić information content (AvgIpc) is 3.15. The van der Waals surface area contributed by atoms with Crippen LogP contribution in [0.4, 0.5) is 17.1 Å². The first kappa shape index (κ1) is 14.2. The highest BCUT2D eigenvalue weighted by Gasteiger charge is 2.24. The van der Waals surface area contributed by atoms with Crippen molar-refractivity contribution in [3.05, 3.63) is 42.5 Å². The van der Waals surface area contributed by atoms with Gasteiger partial charge in [0.2, 0.25) is 0 Å². The maximum absolute atomic E-state index is 11.1. The van der Waals surface area contributed by atoms with Crippen LogP contribution in [0.15, 0.2) is 12.1 Å². The summed E-state index contributed by atoms with van der Waals surface area (Å²) in [5.74, 6) is -1.46. The average molecular weight is 272 g/mol. The Morgan fingerprint density at radius 3 is 1.47 bits per heavy atom. The van der Waals surface area contributed by atoms with Gasteiger partial charge in [-0.3, -0.25) is 30.3 Å². The highest BCUT2D eigenvalue weighted by atomic mass is 16.6. The predicted octanol–water partition coefficient (Wildman–Crippen LogP) is -0.952. The molecule has 0 saturated carbocycles. The van der Waals surface area contributed by atoms with E-state index in [1.54, 1.807) is 0 Å². The second kappa shape index (κ2) is 5.68. The van der Waals surface area contributed by atoms with Crippen LogP contribution in [0.25, 0.3) is 0 Å². The molecule has 0 unspecified atom stereocenters. The number of benzene rings is 1. The topological polar surface area (TPSA) is 169 Å². The van der Waals surface area contributed by atoms with E-state index in [-0.39, 0.29) is 0 Å². The van der Waals surface area contributed by atoms with E-state index in [1.807, 2.05) is 0 Å². The minimum atomic E-state index is -1.46. The van der Waals surface area contributed by atoms with Crippen LogP contribution in [-0.2, 0) is 0 Å². The molecule has 11 nitrogen and oxygen atoms in total. The van der Waals surface area contributed by atoms with Gasteiger partial charge < -0.3 is 10.4 Å². The smallest absolute Gasteiger partial charge is 0.283 e. The van der Waals surface area contributed by atoms with Gasteiger partial charge in [0.1, 0.15) is 13.1 Å². The molecule has 2 N–H and O–H groups in total. The Morgan fingerprint density at radius 1 is 0.895 bits per heavy atom. The third-order valence-corrected chi connectivity index (χ3v) is 1.93. The van der Waals surface area contributed by atoms with Gasteiger partial charge in [-0.25, -0.2) is 0 Å². The molecule has 0 atom stereocenters. The largest absolute Gasteiger partial charge is 0.863 e. The van der Waals surface area contributed by atoms with Crippen LogP contribution in [0.3, 0.4) is 0 Å². The Kier molecular flexibility index (Phi) is 4.26. The summed E-state index contributed by atoms with van der Waals surface area (Å²) < 4.78 is 0. The van der Waals surface area contributed by atoms with E-state index in [0.717, 1.165) is 0 Å². The normalized spacial score (nSPS) is 12.0. The molecule has 0 aromatic heterocycles. The SMILES string of the molecule is C1C[NH2+]1.O=[N+]([O-])c1cc([N+](=O)[O-])c([O-])c([N+](=O)[O-])c1. The quantitative estimate of drug-likeness (QED) is 0.419. The number of nitrogens with zero attached hydrogens (tertiary/aromatic N) is 3. The molecule has 0 bridgehead atoms. The van der Waals surface area contributed by atoms with E-state index >= 15 is 0 Å². The highest BCUT2D eigenvalue weighted by Crippen LogP contribution is 2.36. The number of hydrogen-bond acceptors (Lipinski definition) is 7. The standard InChI is InChI=1S/C6H3N3O7.C2H5N/c10-6-4(8(13)14)1-3(7(11)12)2-5(6)9(15)16;1-2-3-1/h1-2,10H;3H,1-2H2. The minimum Gasteiger partial charge on any atom is -0.863 e. The Hall–Kier alpha value is -2.82. The van der Waals surface area contributed by atoms with E-state index < -0.39 is 37.6 Å². The van der Waals surface area contributed by atoms with Crippen molar-refractivity contribution in [2.45, 2.75) is 0 Å². The van der Waals surface area contributed by atoms with Crippen molar-refractivity contribution in [3.63, 3.8) is 0 Å². The van der Waals surface area contributed by atoms with Gasteiger partial charge in [0, 0.05) is 0 Å². The van der Waals surface area contributed by atoms with Crippen molar-refractivity contribution in [1.82, 2.24) is 0 Å². The Balaban J connectivity index is 0.000000524. The number of nitro groups is 3. The Labute approximate surface area is 104 Å². The summed E-state index contributed by atoms with van der Waals surface area (Å²) >= 11 is 0. The van der Waals surface area contributed by atoms with Crippen molar-refractivity contribution >= 4 is 17.1 Å². The summed E-state index contributed by atoms with van der Waals surface area (Å²) in [6.07, 6.45) is 0. The molecular weight excluding hydrogens is 264 g/mol. The number of rotatable bonds is 3. The first-order chi connectivity index (χ1) is 8.84. The lowest BCUT2D eigenvalue weighted by Gasteiger charge is -2.06. The molecule has 102 valence electrons. The maximum atomic E-state index is 11.1. The summed E-state index contributed by atoms with van der Waals surface area (Å²) in [5, 5.41) is 44.4. The van der Waals surface area contributed by atoms with Crippen molar-refractivity contribution in [2.24, 2.45) is 0 Å². The summed E-state index contributed by atoms with van der Waals surface area (Å²) in [7, 11) is 0. The Morgan fingerprint density at radius 2 is 1.26 bits per heavy atom. The van der Waals surface area contributed by atoms with Crippen LogP contribution in [0.2, 0.25) is 0 Å². The summed E-state index contributed by atoms with van der Waals surface area (Å²) in [6, 6.07) is 0.769. The van der Waals surface area contributed by atoms with Crippen molar-refractivity contribution in [3.8, 4) is 5.75 Å². The lowest BCUT2D eigenvalue weighted by Crippen LogP contribution is -2.55. The zero-order chi connectivity index (χ0) is 14.6. The fourth-order valence-corrected chi connectivity index (χ4v) is 0.961. The van der Waals surface area contributed by atoms with Gasteiger partial charge in [-0.05, 0) is 0 Å². The summed E-state index contributed by atoms with van der Waals surface area (Å²) in [5.41, 5.74) is -3.26. The fourth-order valence-electron chi connectivity index (χ4n) is 0.961. The third-order valence-electron chi connectivity index (χ3n) is 1.93. The fraction of sp³-hybridized carbons (Fsp3) is 0.250. The van der Waals surface area contributed by atoms with Crippen LogP contribution in [-0.4, -0.2) is 27.9 Å². The highest BCUT2D eigenvalue weighted by molar-refractivity contribution is 5.63. The number of nitro benzene ring substituents is 3. The van der Waals surface area contributed by atoms with Crippen LogP contribution in [0.5, 0.6) is 5.75 Å². The summed E-state index contributed by atoms with van der Waals surface area (Å²) in [4.78, 5) is 27.5. The molecule has 1 saturated heterocycles. The minimum absolute atomic E-state index is 0.384. The maximum Gasteiger partial charge on any atom is 0.283 e. The molecule has 1 fully saturated rings. The summed E-state index contributed by atoms with van der Waals surface area (Å²) in [6.45, 7) is 2.75. The first-order valence-electron chi connectivity index (χ1n) is 4.94. The molecule has 2 rings (SSSR count). The molecule has 1 heterocycles. The third kappa shape index (κ3) is 3.85. The molecule has 0 aliphatic carbocycles. The second-order valence-electron chi connectivity index (χ2n) is 3.45. The number of nitrogens with two attached hydrogens (primary N) is 1. The number of quaternary nitrogens is 1. The molecule has 1 aliphatic rings. The van der Waals surface area contributed by atoms with Gasteiger partial charge >= 0.3 is 0 Å². The number of non-ortho nitro benzene ring substituents is 1. The van der Waals surface area contributed by atoms with Gasteiger partial charge in [0.05, 0.1) is 32.7 Å². The first-order valence-corrected chi connectivity index (χ1v) is 4.94. The number of hydrogen-bond donors (Lipinski definition) is 1. The zero-order valence-electron chi connectivity index (χ0n) is 9.35. The van der Waals surface area contributed by atoms with Gasteiger partial charge in [0.25, 0.3) is 17.1 Å². The van der Waals surface area contributed by atoms with Gasteiger partial charge in [-0.2, -0.15) is 0 Å². The molecule has 19 heavy (non-hydrogen) atoms. The molecule has 0 amide bonds. The lowest BCUT2D eigenvalue weighted by atomic mass is 10.2. The van der Waals surface area contributed by atoms with E-state index in [0.29, 0.717) is 12.1 Å². The molecule has 1 aromatic carbocycles. The van der Waals surface area contributed by atoms with E-state index in [4.69, 9.17) is 0 Å². The zero-order valence-corrected chi connectivity index (χ0v) is 9.35. The van der Waals surface area contributed by atoms with E-state index in [9.17, 15) is 35.4 Å². The van der Waals surface area contributed by atoms with E-state index in [2.05, 4.69) is 5.32 Å². The lowest BCUT2D eigenvalue weighted by molar-refractivity contribution is -0.473. The van der Waals surface area contributed by atoms with Crippen molar-refractivity contribution < 1.29 is 25.2 Å². The molecule has 1 aromatic rings. The molecule has 0 spiro atoms. The van der Waals surface area contributed by atoms with Crippen LogP contribution in [0, 0.1) is 30.3 Å². The van der Waals surface area contributed by atoms with Crippen molar-refractivity contribution in [1.29, 1.82) is 0 Å².